The molecule has 5 nitrogen and oxygen atoms in total. The lowest BCUT2D eigenvalue weighted by molar-refractivity contribution is 0.110. The van der Waals surface area contributed by atoms with Crippen molar-refractivity contribution in [1.29, 1.82) is 0 Å². The summed E-state index contributed by atoms with van der Waals surface area (Å²) >= 11 is 0. The van der Waals surface area contributed by atoms with Gasteiger partial charge in [-0.2, -0.15) is 0 Å². The van der Waals surface area contributed by atoms with Crippen LogP contribution in [0, 0.1) is 5.92 Å². The molecule has 1 aromatic rings. The van der Waals surface area contributed by atoms with Gasteiger partial charge in [-0.25, -0.2) is 4.68 Å². The molecule has 2 N–H and O–H groups in total. The zero-order valence-electron chi connectivity index (χ0n) is 9.31. The second kappa shape index (κ2) is 4.28. The van der Waals surface area contributed by atoms with E-state index in [4.69, 9.17) is 10.5 Å². The van der Waals surface area contributed by atoms with Crippen molar-refractivity contribution < 1.29 is 4.74 Å². The molecule has 0 aliphatic heterocycles. The van der Waals surface area contributed by atoms with Gasteiger partial charge < -0.3 is 10.5 Å². The Labute approximate surface area is 89.6 Å². The van der Waals surface area contributed by atoms with Gasteiger partial charge in [0, 0.05) is 20.2 Å². The lowest BCUT2D eigenvalue weighted by Gasteiger charge is -2.12. The zero-order valence-corrected chi connectivity index (χ0v) is 9.31. The molecule has 1 aliphatic rings. The Morgan fingerprint density at radius 2 is 2.33 bits per heavy atom. The molecule has 84 valence electrons. The van der Waals surface area contributed by atoms with Crippen molar-refractivity contribution in [1.82, 2.24) is 15.0 Å². The van der Waals surface area contributed by atoms with Crippen LogP contribution < -0.4 is 5.73 Å². The molecule has 1 fully saturated rings. The van der Waals surface area contributed by atoms with Crippen LogP contribution in [0.5, 0.6) is 0 Å². The lowest BCUT2D eigenvalue weighted by Crippen LogP contribution is -2.13. The third-order valence-corrected chi connectivity index (χ3v) is 2.91. The summed E-state index contributed by atoms with van der Waals surface area (Å²) in [5, 5.41) is 8.24. The molecule has 1 saturated carbocycles. The summed E-state index contributed by atoms with van der Waals surface area (Å²) in [5.74, 6) is 0.778. The molecule has 0 spiro atoms. The Morgan fingerprint density at radius 1 is 1.60 bits per heavy atom. The van der Waals surface area contributed by atoms with Crippen LogP contribution >= 0.6 is 0 Å². The Bertz CT molecular complexity index is 332. The summed E-state index contributed by atoms with van der Waals surface area (Å²) in [7, 11) is 1.69. The minimum absolute atomic E-state index is 0.0114. The van der Waals surface area contributed by atoms with Crippen molar-refractivity contribution in [2.75, 3.05) is 7.11 Å². The van der Waals surface area contributed by atoms with Gasteiger partial charge in [0.2, 0.25) is 0 Å². The van der Waals surface area contributed by atoms with Crippen molar-refractivity contribution in [2.24, 2.45) is 11.7 Å². The fourth-order valence-electron chi connectivity index (χ4n) is 1.74. The molecule has 1 unspecified atom stereocenters. The van der Waals surface area contributed by atoms with Gasteiger partial charge in [0.25, 0.3) is 0 Å². The summed E-state index contributed by atoms with van der Waals surface area (Å²) in [6.45, 7) is 3.38. The lowest BCUT2D eigenvalue weighted by atomic mass is 10.2. The highest BCUT2D eigenvalue weighted by Gasteiger charge is 2.26. The number of methoxy groups -OCH3 is 1. The van der Waals surface area contributed by atoms with Gasteiger partial charge in [-0.15, -0.1) is 5.10 Å². The van der Waals surface area contributed by atoms with Crippen LogP contribution in [-0.4, -0.2) is 22.1 Å². The van der Waals surface area contributed by atoms with Crippen molar-refractivity contribution in [3.63, 3.8) is 0 Å². The first-order valence-electron chi connectivity index (χ1n) is 5.41. The monoisotopic (exact) mass is 210 g/mol. The second-order valence-corrected chi connectivity index (χ2v) is 4.13. The minimum atomic E-state index is 0.0114. The Morgan fingerprint density at radius 3 is 2.87 bits per heavy atom. The fourth-order valence-corrected chi connectivity index (χ4v) is 1.74. The van der Waals surface area contributed by atoms with Gasteiger partial charge in [-0.1, -0.05) is 5.21 Å². The standard InChI is InChI=1S/C10H18N4O/c1-7(15-2)10-9(5-11)12-13-14(10)6-8-3-4-8/h7-8H,3-6,11H2,1-2H3. The van der Waals surface area contributed by atoms with Crippen LogP contribution in [0.15, 0.2) is 0 Å². The summed E-state index contributed by atoms with van der Waals surface area (Å²) in [6.07, 6.45) is 2.62. The molecule has 1 aliphatic carbocycles. The summed E-state index contributed by atoms with van der Waals surface area (Å²) in [5.41, 5.74) is 7.52. The molecule has 5 heteroatoms. The molecule has 1 atom stereocenters. The molecule has 2 rings (SSSR count). The summed E-state index contributed by atoms with van der Waals surface area (Å²) in [4.78, 5) is 0. The molecule has 0 amide bonds. The first kappa shape index (κ1) is 10.6. The third kappa shape index (κ3) is 2.18. The van der Waals surface area contributed by atoms with Gasteiger partial charge in [0.05, 0.1) is 11.8 Å². The maximum Gasteiger partial charge on any atom is 0.102 e. The molecule has 0 radical (unpaired) electrons. The first-order valence-corrected chi connectivity index (χ1v) is 5.41. The van der Waals surface area contributed by atoms with Gasteiger partial charge in [-0.05, 0) is 25.7 Å². The van der Waals surface area contributed by atoms with Crippen LogP contribution in [0.3, 0.4) is 0 Å². The Kier molecular flexibility index (Phi) is 3.02. The highest BCUT2D eigenvalue weighted by molar-refractivity contribution is 5.13. The van der Waals surface area contributed by atoms with E-state index in [1.807, 2.05) is 11.6 Å². The summed E-state index contributed by atoms with van der Waals surface area (Å²) < 4.78 is 7.28. The molecule has 1 aromatic heterocycles. The quantitative estimate of drug-likeness (QED) is 0.782. The smallest absolute Gasteiger partial charge is 0.102 e. The average molecular weight is 210 g/mol. The highest BCUT2D eigenvalue weighted by atomic mass is 16.5. The van der Waals surface area contributed by atoms with Crippen LogP contribution in [0.1, 0.15) is 37.3 Å². The van der Waals surface area contributed by atoms with Crippen molar-refractivity contribution in [2.45, 2.75) is 39.0 Å². The number of hydrogen-bond donors (Lipinski definition) is 1. The summed E-state index contributed by atoms with van der Waals surface area (Å²) in [6, 6.07) is 0. The topological polar surface area (TPSA) is 66.0 Å². The molecule has 0 bridgehead atoms. The number of ether oxygens (including phenoxy) is 1. The van der Waals surface area contributed by atoms with Gasteiger partial charge >= 0.3 is 0 Å². The minimum Gasteiger partial charge on any atom is -0.375 e. The van der Waals surface area contributed by atoms with Crippen LogP contribution in [-0.2, 0) is 17.8 Å². The van der Waals surface area contributed by atoms with Crippen molar-refractivity contribution >= 4 is 0 Å². The first-order chi connectivity index (χ1) is 7.26. The maximum atomic E-state index is 5.63. The predicted octanol–water partition coefficient (Wildman–Crippen LogP) is 0.854. The number of aromatic nitrogens is 3. The molecular weight excluding hydrogens is 192 g/mol. The van der Waals surface area contributed by atoms with Crippen LogP contribution in [0.4, 0.5) is 0 Å². The predicted molar refractivity (Wildman–Crippen MR) is 56.1 cm³/mol. The molecule has 15 heavy (non-hydrogen) atoms. The van der Waals surface area contributed by atoms with E-state index >= 15 is 0 Å². The van der Waals surface area contributed by atoms with E-state index in [0.717, 1.165) is 23.9 Å². The maximum absolute atomic E-state index is 5.63. The van der Waals surface area contributed by atoms with E-state index in [1.54, 1.807) is 7.11 Å². The number of nitrogens with two attached hydrogens (primary N) is 1. The van der Waals surface area contributed by atoms with E-state index in [2.05, 4.69) is 10.3 Å². The zero-order chi connectivity index (χ0) is 10.8. The second-order valence-electron chi connectivity index (χ2n) is 4.13. The Hall–Kier alpha value is -0.940. The van der Waals surface area contributed by atoms with E-state index < -0.39 is 0 Å². The van der Waals surface area contributed by atoms with Gasteiger partial charge in [0.15, 0.2) is 0 Å². The van der Waals surface area contributed by atoms with E-state index in [1.165, 1.54) is 12.8 Å². The van der Waals surface area contributed by atoms with Crippen LogP contribution in [0.25, 0.3) is 0 Å². The van der Waals surface area contributed by atoms with Gasteiger partial charge in [0.1, 0.15) is 5.69 Å². The number of nitrogens with zero attached hydrogens (tertiary/aromatic N) is 3. The Balaban J connectivity index is 2.22. The van der Waals surface area contributed by atoms with Crippen molar-refractivity contribution in [3.8, 4) is 0 Å². The molecule has 0 saturated heterocycles. The largest absolute Gasteiger partial charge is 0.375 e. The average Bonchev–Trinajstić information content (AvgIpc) is 2.96. The highest BCUT2D eigenvalue weighted by Crippen LogP contribution is 2.31. The van der Waals surface area contributed by atoms with E-state index in [0.29, 0.717) is 6.54 Å². The third-order valence-electron chi connectivity index (χ3n) is 2.91. The number of rotatable bonds is 5. The fraction of sp³-hybridized carbons (Fsp3) is 0.800. The van der Waals surface area contributed by atoms with E-state index in [9.17, 15) is 0 Å². The van der Waals surface area contributed by atoms with E-state index in [-0.39, 0.29) is 6.10 Å². The van der Waals surface area contributed by atoms with Gasteiger partial charge in [-0.3, -0.25) is 0 Å². The van der Waals surface area contributed by atoms with Crippen molar-refractivity contribution in [3.05, 3.63) is 11.4 Å². The molecule has 0 aromatic carbocycles. The SMILES string of the molecule is COC(C)c1c(CN)nnn1CC1CC1. The molecular formula is C10H18N4O. The normalized spacial score (nSPS) is 18.1. The van der Waals surface area contributed by atoms with Crippen LogP contribution in [0.2, 0.25) is 0 Å². The number of hydrogen-bond acceptors (Lipinski definition) is 4. The molecule has 1 heterocycles.